The van der Waals surface area contributed by atoms with E-state index in [1.165, 1.54) is 12.1 Å². The maximum Gasteiger partial charge on any atom is 0.307 e. The van der Waals surface area contributed by atoms with Gasteiger partial charge in [0, 0.05) is 11.3 Å². The van der Waals surface area contributed by atoms with Crippen LogP contribution in [0.2, 0.25) is 0 Å². The van der Waals surface area contributed by atoms with Gasteiger partial charge in [0.05, 0.1) is 11.8 Å². The Morgan fingerprint density at radius 1 is 1.25 bits per heavy atom. The fourth-order valence-electron chi connectivity index (χ4n) is 2.35. The summed E-state index contributed by atoms with van der Waals surface area (Å²) in [6.07, 6.45) is 4.31. The Labute approximate surface area is 116 Å². The maximum atomic E-state index is 13.4. The first-order valence-corrected chi connectivity index (χ1v) is 6.44. The number of allylic oxidation sites excluding steroid dienone is 2. The number of benzene rings is 1. The first-order valence-electron chi connectivity index (χ1n) is 6.44. The molecule has 1 aromatic rings. The molecule has 20 heavy (non-hydrogen) atoms. The second kappa shape index (κ2) is 5.86. The number of anilines is 1. The number of carbonyl (C=O) groups is 2. The summed E-state index contributed by atoms with van der Waals surface area (Å²) in [7, 11) is 0. The summed E-state index contributed by atoms with van der Waals surface area (Å²) < 4.78 is 13.4. The van der Waals surface area contributed by atoms with Crippen LogP contribution in [0.1, 0.15) is 18.4 Å². The molecule has 1 aromatic carbocycles. The average Bonchev–Trinajstić information content (AvgIpc) is 2.43. The molecule has 0 saturated carbocycles. The number of halogens is 1. The number of aliphatic carboxylic acids is 1. The van der Waals surface area contributed by atoms with Crippen molar-refractivity contribution in [2.24, 2.45) is 11.8 Å². The summed E-state index contributed by atoms with van der Waals surface area (Å²) in [6, 6.07) is 4.42. The highest BCUT2D eigenvalue weighted by Crippen LogP contribution is 2.28. The molecule has 4 nitrogen and oxygen atoms in total. The SMILES string of the molecule is Cc1c(F)cccc1NC(=O)[C@@H]1CC=CC[C@H]1C(=O)O. The lowest BCUT2D eigenvalue weighted by molar-refractivity contribution is -0.146. The van der Waals surface area contributed by atoms with E-state index in [-0.39, 0.29) is 5.91 Å². The van der Waals surface area contributed by atoms with Crippen LogP contribution in [-0.4, -0.2) is 17.0 Å². The summed E-state index contributed by atoms with van der Waals surface area (Å²) in [6.45, 7) is 1.57. The van der Waals surface area contributed by atoms with Gasteiger partial charge in [0.2, 0.25) is 5.91 Å². The monoisotopic (exact) mass is 277 g/mol. The fourth-order valence-corrected chi connectivity index (χ4v) is 2.35. The Morgan fingerprint density at radius 2 is 1.90 bits per heavy atom. The van der Waals surface area contributed by atoms with Crippen LogP contribution < -0.4 is 5.32 Å². The van der Waals surface area contributed by atoms with Gasteiger partial charge in [-0.05, 0) is 31.9 Å². The van der Waals surface area contributed by atoms with Crippen LogP contribution in [0.3, 0.4) is 0 Å². The highest BCUT2D eigenvalue weighted by Gasteiger charge is 2.34. The molecule has 5 heteroatoms. The zero-order valence-corrected chi connectivity index (χ0v) is 11.1. The van der Waals surface area contributed by atoms with Crippen molar-refractivity contribution in [3.05, 3.63) is 41.7 Å². The molecule has 2 N–H and O–H groups in total. The number of nitrogens with one attached hydrogen (secondary N) is 1. The third-order valence-electron chi connectivity index (χ3n) is 3.61. The summed E-state index contributed by atoms with van der Waals surface area (Å²) in [5, 5.41) is 11.8. The molecule has 2 rings (SSSR count). The largest absolute Gasteiger partial charge is 0.481 e. The van der Waals surface area contributed by atoms with E-state index >= 15 is 0 Å². The number of amides is 1. The van der Waals surface area contributed by atoms with E-state index in [1.807, 2.05) is 6.08 Å². The quantitative estimate of drug-likeness (QED) is 0.835. The van der Waals surface area contributed by atoms with Crippen LogP contribution in [0.15, 0.2) is 30.4 Å². The normalized spacial score (nSPS) is 21.5. The molecule has 0 fully saturated rings. The van der Waals surface area contributed by atoms with E-state index in [2.05, 4.69) is 5.32 Å². The smallest absolute Gasteiger partial charge is 0.307 e. The minimum atomic E-state index is -0.981. The van der Waals surface area contributed by atoms with Crippen molar-refractivity contribution in [3.8, 4) is 0 Å². The molecule has 0 aliphatic heterocycles. The molecule has 0 bridgehead atoms. The highest BCUT2D eigenvalue weighted by atomic mass is 19.1. The van der Waals surface area contributed by atoms with Crippen LogP contribution in [0.5, 0.6) is 0 Å². The van der Waals surface area contributed by atoms with Gasteiger partial charge in [-0.1, -0.05) is 18.2 Å². The van der Waals surface area contributed by atoms with Crippen molar-refractivity contribution in [1.82, 2.24) is 0 Å². The van der Waals surface area contributed by atoms with Gasteiger partial charge in [0.25, 0.3) is 0 Å². The lowest BCUT2D eigenvalue weighted by atomic mass is 9.82. The molecule has 0 heterocycles. The Balaban J connectivity index is 2.17. The fraction of sp³-hybridized carbons (Fsp3) is 0.333. The molecule has 0 spiro atoms. The highest BCUT2D eigenvalue weighted by molar-refractivity contribution is 5.96. The molecular weight excluding hydrogens is 261 g/mol. The van der Waals surface area contributed by atoms with Crippen LogP contribution in [0.4, 0.5) is 10.1 Å². The zero-order valence-electron chi connectivity index (χ0n) is 11.1. The maximum absolute atomic E-state index is 13.4. The summed E-state index contributed by atoms with van der Waals surface area (Å²) in [5.74, 6) is -3.11. The van der Waals surface area contributed by atoms with Crippen LogP contribution >= 0.6 is 0 Å². The second-order valence-electron chi connectivity index (χ2n) is 4.90. The lowest BCUT2D eigenvalue weighted by Gasteiger charge is -2.24. The van der Waals surface area contributed by atoms with Crippen molar-refractivity contribution in [1.29, 1.82) is 0 Å². The molecular formula is C15H16FNO3. The number of carboxylic acids is 1. The second-order valence-corrected chi connectivity index (χ2v) is 4.90. The molecule has 0 saturated heterocycles. The van der Waals surface area contributed by atoms with E-state index in [9.17, 15) is 14.0 Å². The first kappa shape index (κ1) is 14.2. The average molecular weight is 277 g/mol. The van der Waals surface area contributed by atoms with Crippen LogP contribution in [0, 0.1) is 24.6 Å². The van der Waals surface area contributed by atoms with Crippen molar-refractivity contribution < 1.29 is 19.1 Å². The van der Waals surface area contributed by atoms with Gasteiger partial charge in [-0.15, -0.1) is 0 Å². The van der Waals surface area contributed by atoms with E-state index < -0.39 is 23.6 Å². The van der Waals surface area contributed by atoms with E-state index in [0.29, 0.717) is 24.1 Å². The number of carboxylic acid groups (broad SMARTS) is 1. The van der Waals surface area contributed by atoms with Gasteiger partial charge >= 0.3 is 5.97 Å². The number of hydrogen-bond acceptors (Lipinski definition) is 2. The number of rotatable bonds is 3. The van der Waals surface area contributed by atoms with Gasteiger partial charge < -0.3 is 10.4 Å². The van der Waals surface area contributed by atoms with Crippen LogP contribution in [0.25, 0.3) is 0 Å². The molecule has 1 aliphatic carbocycles. The third kappa shape index (κ3) is 2.87. The molecule has 1 aliphatic rings. The Hall–Kier alpha value is -2.17. The lowest BCUT2D eigenvalue weighted by Crippen LogP contribution is -2.34. The Bertz CT molecular complexity index is 568. The molecule has 1 amide bonds. The number of carbonyl (C=O) groups excluding carboxylic acids is 1. The molecule has 0 unspecified atom stereocenters. The summed E-state index contributed by atoms with van der Waals surface area (Å²) in [5.41, 5.74) is 0.729. The van der Waals surface area contributed by atoms with Gasteiger partial charge in [-0.25, -0.2) is 4.39 Å². The van der Waals surface area contributed by atoms with Crippen molar-refractivity contribution >= 4 is 17.6 Å². The predicted octanol–water partition coefficient (Wildman–Crippen LogP) is 2.74. The van der Waals surface area contributed by atoms with Crippen molar-refractivity contribution in [3.63, 3.8) is 0 Å². The topological polar surface area (TPSA) is 66.4 Å². The minimum absolute atomic E-state index is 0.343. The standard InChI is InChI=1S/C15H16FNO3/c1-9-12(16)7-4-8-13(9)17-14(18)10-5-2-3-6-11(10)15(19)20/h2-4,7-8,10-11H,5-6H2,1H3,(H,17,18)(H,19,20)/t10-,11-/m1/s1. The van der Waals surface area contributed by atoms with Crippen molar-refractivity contribution in [2.75, 3.05) is 5.32 Å². The summed E-state index contributed by atoms with van der Waals surface area (Å²) in [4.78, 5) is 23.4. The number of hydrogen-bond donors (Lipinski definition) is 2. The van der Waals surface area contributed by atoms with Crippen molar-refractivity contribution in [2.45, 2.75) is 19.8 Å². The van der Waals surface area contributed by atoms with Gasteiger partial charge in [0.1, 0.15) is 5.82 Å². The van der Waals surface area contributed by atoms with E-state index in [4.69, 9.17) is 5.11 Å². The first-order chi connectivity index (χ1) is 9.50. The third-order valence-corrected chi connectivity index (χ3v) is 3.61. The Morgan fingerprint density at radius 3 is 2.55 bits per heavy atom. The summed E-state index contributed by atoms with van der Waals surface area (Å²) >= 11 is 0. The van der Waals surface area contributed by atoms with E-state index in [1.54, 1.807) is 19.1 Å². The predicted molar refractivity (Wildman–Crippen MR) is 72.8 cm³/mol. The zero-order chi connectivity index (χ0) is 14.7. The van der Waals surface area contributed by atoms with Crippen LogP contribution in [-0.2, 0) is 9.59 Å². The van der Waals surface area contributed by atoms with Gasteiger partial charge in [0.15, 0.2) is 0 Å². The molecule has 0 radical (unpaired) electrons. The molecule has 2 atom stereocenters. The molecule has 0 aromatic heterocycles. The Kier molecular flexibility index (Phi) is 4.17. The van der Waals surface area contributed by atoms with Gasteiger partial charge in [-0.3, -0.25) is 9.59 Å². The molecule has 106 valence electrons. The van der Waals surface area contributed by atoms with E-state index in [0.717, 1.165) is 0 Å². The van der Waals surface area contributed by atoms with Gasteiger partial charge in [-0.2, -0.15) is 0 Å². The minimum Gasteiger partial charge on any atom is -0.481 e.